The van der Waals surface area contributed by atoms with Gasteiger partial charge in [0.15, 0.2) is 5.78 Å². The van der Waals surface area contributed by atoms with Gasteiger partial charge in [-0.05, 0) is 55.1 Å². The summed E-state index contributed by atoms with van der Waals surface area (Å²) in [5.74, 6) is 0.924. The van der Waals surface area contributed by atoms with Gasteiger partial charge in [-0.15, -0.1) is 11.3 Å². The maximum atomic E-state index is 12.8. The van der Waals surface area contributed by atoms with Crippen molar-refractivity contribution in [1.82, 2.24) is 15.2 Å². The number of nitrogens with zero attached hydrogens (tertiary/aromatic N) is 2. The molecule has 1 aromatic carbocycles. The molecule has 3 fully saturated rings. The minimum absolute atomic E-state index is 0.0360. The third-order valence-electron chi connectivity index (χ3n) is 7.71. The van der Waals surface area contributed by atoms with Crippen LogP contribution in [0.25, 0.3) is 0 Å². The van der Waals surface area contributed by atoms with E-state index in [1.165, 1.54) is 42.7 Å². The molecule has 3 atom stereocenters. The van der Waals surface area contributed by atoms with E-state index in [0.717, 1.165) is 25.2 Å². The molecule has 9 heteroatoms. The summed E-state index contributed by atoms with van der Waals surface area (Å²) in [6, 6.07) is 5.36. The number of alkyl halides is 3. The lowest BCUT2D eigenvalue weighted by atomic mass is 9.84. The number of nitrogens with one attached hydrogen (secondary N) is 1. The highest BCUT2D eigenvalue weighted by Crippen LogP contribution is 2.53. The molecule has 1 unspecified atom stereocenters. The van der Waals surface area contributed by atoms with E-state index >= 15 is 0 Å². The lowest BCUT2D eigenvalue weighted by Crippen LogP contribution is -2.40. The van der Waals surface area contributed by atoms with Gasteiger partial charge in [-0.1, -0.05) is 18.2 Å². The van der Waals surface area contributed by atoms with Gasteiger partial charge in [0, 0.05) is 42.5 Å². The standard InChI is InChI=1S/C25H28F3N3O2S/c26-25(27,28)17-3-1-2-15(8-17)9-19(32)10-30-24(33)23-20-12-31(13-21(20)23)18-6-4-16(5-7-18)22-11-29-14-34-22/h1-3,8,11,14,16,18,20-21,23H,4-7,9-10,12-13H2,(H,30,33)/t16?,18?,20-,21+,23?. The summed E-state index contributed by atoms with van der Waals surface area (Å²) >= 11 is 1.74. The number of piperidine rings is 1. The van der Waals surface area contributed by atoms with Gasteiger partial charge < -0.3 is 5.32 Å². The predicted octanol–water partition coefficient (Wildman–Crippen LogP) is 4.29. The highest BCUT2D eigenvalue weighted by atomic mass is 32.1. The molecule has 5 rings (SSSR count). The Morgan fingerprint density at radius 3 is 2.50 bits per heavy atom. The number of fused-ring (bicyclic) bond motifs is 1. The fourth-order valence-corrected chi connectivity index (χ4v) is 6.64. The van der Waals surface area contributed by atoms with Crippen molar-refractivity contribution in [3.8, 4) is 0 Å². The van der Waals surface area contributed by atoms with E-state index in [4.69, 9.17) is 0 Å². The number of carbonyl (C=O) groups is 2. The molecule has 2 aromatic rings. The molecule has 34 heavy (non-hydrogen) atoms. The van der Waals surface area contributed by atoms with Crippen molar-refractivity contribution in [2.45, 2.75) is 50.2 Å². The molecule has 1 saturated heterocycles. The van der Waals surface area contributed by atoms with Crippen LogP contribution >= 0.6 is 11.3 Å². The zero-order chi connectivity index (χ0) is 23.9. The second kappa shape index (κ2) is 9.41. The number of ketones is 1. The van der Waals surface area contributed by atoms with Gasteiger partial charge in [0.1, 0.15) is 0 Å². The van der Waals surface area contributed by atoms with Crippen LogP contribution in [0.15, 0.2) is 36.0 Å². The van der Waals surface area contributed by atoms with Crippen LogP contribution in [0, 0.1) is 17.8 Å². The Hall–Kier alpha value is -2.26. The number of hydrogen-bond acceptors (Lipinski definition) is 5. The van der Waals surface area contributed by atoms with E-state index in [9.17, 15) is 22.8 Å². The molecule has 0 spiro atoms. The van der Waals surface area contributed by atoms with Crippen molar-refractivity contribution in [2.24, 2.45) is 17.8 Å². The second-order valence-electron chi connectivity index (χ2n) is 9.85. The van der Waals surface area contributed by atoms with Crippen LogP contribution in [-0.4, -0.2) is 47.3 Å². The molecule has 2 saturated carbocycles. The molecule has 0 radical (unpaired) electrons. The number of rotatable bonds is 7. The first-order valence-electron chi connectivity index (χ1n) is 11.9. The van der Waals surface area contributed by atoms with E-state index in [1.807, 2.05) is 11.7 Å². The van der Waals surface area contributed by atoms with Crippen molar-refractivity contribution in [3.63, 3.8) is 0 Å². The Labute approximate surface area is 200 Å². The molecular formula is C25H28F3N3O2S. The highest BCUT2D eigenvalue weighted by molar-refractivity contribution is 7.09. The monoisotopic (exact) mass is 491 g/mol. The number of carbonyl (C=O) groups excluding carboxylic acids is 2. The van der Waals surface area contributed by atoms with Crippen LogP contribution in [0.4, 0.5) is 13.2 Å². The van der Waals surface area contributed by atoms with Gasteiger partial charge in [0.25, 0.3) is 0 Å². The summed E-state index contributed by atoms with van der Waals surface area (Å²) in [5, 5.41) is 2.72. The van der Waals surface area contributed by atoms with Gasteiger partial charge in [-0.25, -0.2) is 0 Å². The molecule has 2 heterocycles. The van der Waals surface area contributed by atoms with Crippen molar-refractivity contribution in [3.05, 3.63) is 52.0 Å². The molecule has 1 aliphatic heterocycles. The Bertz CT molecular complexity index is 1020. The zero-order valence-electron chi connectivity index (χ0n) is 18.8. The van der Waals surface area contributed by atoms with Crippen LogP contribution in [0.2, 0.25) is 0 Å². The minimum atomic E-state index is -4.44. The molecular weight excluding hydrogens is 463 g/mol. The summed E-state index contributed by atoms with van der Waals surface area (Å²) in [7, 11) is 0. The van der Waals surface area contributed by atoms with Crippen molar-refractivity contribution >= 4 is 23.0 Å². The SMILES string of the molecule is O=C(CNC(=O)C1[C@H]2CN(C3CCC(c4cncs4)CC3)C[C@@H]12)Cc1cccc(C(F)(F)F)c1. The second-order valence-corrected chi connectivity index (χ2v) is 10.8. The number of Topliss-reactive ketones (excluding diaryl/α,β-unsaturated/α-hetero) is 1. The van der Waals surface area contributed by atoms with Crippen LogP contribution in [-0.2, 0) is 22.2 Å². The summed E-state index contributed by atoms with van der Waals surface area (Å²) < 4.78 is 38.5. The number of thiazole rings is 1. The topological polar surface area (TPSA) is 62.3 Å². The Morgan fingerprint density at radius 2 is 1.85 bits per heavy atom. The molecule has 0 bridgehead atoms. The zero-order valence-corrected chi connectivity index (χ0v) is 19.6. The van der Waals surface area contributed by atoms with Crippen molar-refractivity contribution in [1.29, 1.82) is 0 Å². The molecule has 1 N–H and O–H groups in total. The maximum Gasteiger partial charge on any atom is 0.416 e. The normalized spacial score (nSPS) is 29.0. The third kappa shape index (κ3) is 5.05. The summed E-state index contributed by atoms with van der Waals surface area (Å²) in [4.78, 5) is 32.9. The maximum absolute atomic E-state index is 12.8. The van der Waals surface area contributed by atoms with Gasteiger partial charge in [0.05, 0.1) is 17.6 Å². The summed E-state index contributed by atoms with van der Waals surface area (Å²) in [6.45, 7) is 1.74. The quantitative estimate of drug-likeness (QED) is 0.628. The average molecular weight is 492 g/mol. The summed E-state index contributed by atoms with van der Waals surface area (Å²) in [5.41, 5.74) is 1.44. The Morgan fingerprint density at radius 1 is 1.12 bits per heavy atom. The van der Waals surface area contributed by atoms with Crippen LogP contribution < -0.4 is 5.32 Å². The molecule has 1 aromatic heterocycles. The van der Waals surface area contributed by atoms with Gasteiger partial charge >= 0.3 is 6.18 Å². The molecule has 3 aliphatic rings. The van der Waals surface area contributed by atoms with Crippen LogP contribution in [0.1, 0.15) is 47.6 Å². The molecule has 2 aliphatic carbocycles. The molecule has 1 amide bonds. The number of likely N-dealkylation sites (tertiary alicyclic amines) is 1. The van der Waals surface area contributed by atoms with Gasteiger partial charge in [0.2, 0.25) is 5.91 Å². The van der Waals surface area contributed by atoms with Gasteiger partial charge in [-0.2, -0.15) is 13.2 Å². The number of benzene rings is 1. The third-order valence-corrected chi connectivity index (χ3v) is 8.65. The first kappa shape index (κ1) is 23.5. The van der Waals surface area contributed by atoms with Crippen LogP contribution in [0.5, 0.6) is 0 Å². The smallest absolute Gasteiger partial charge is 0.349 e. The van der Waals surface area contributed by atoms with Crippen LogP contribution in [0.3, 0.4) is 0 Å². The largest absolute Gasteiger partial charge is 0.416 e. The number of aromatic nitrogens is 1. The number of hydrogen-bond donors (Lipinski definition) is 1. The molecule has 5 nitrogen and oxygen atoms in total. The van der Waals surface area contributed by atoms with Gasteiger partial charge in [-0.3, -0.25) is 19.5 Å². The van der Waals surface area contributed by atoms with E-state index in [0.29, 0.717) is 29.4 Å². The lowest BCUT2D eigenvalue weighted by molar-refractivity contribution is -0.137. The lowest BCUT2D eigenvalue weighted by Gasteiger charge is -2.35. The van der Waals surface area contributed by atoms with E-state index in [-0.39, 0.29) is 30.6 Å². The Balaban J connectivity index is 1.03. The van der Waals surface area contributed by atoms with E-state index in [2.05, 4.69) is 15.2 Å². The Kier molecular flexibility index (Phi) is 6.50. The number of halogens is 3. The highest BCUT2D eigenvalue weighted by Gasteiger charge is 2.60. The first-order valence-corrected chi connectivity index (χ1v) is 12.8. The number of amides is 1. The summed E-state index contributed by atoms with van der Waals surface area (Å²) in [6.07, 6.45) is 2.18. The fraction of sp³-hybridized carbons (Fsp3) is 0.560. The average Bonchev–Trinajstić information content (AvgIpc) is 3.17. The first-order chi connectivity index (χ1) is 16.3. The van der Waals surface area contributed by atoms with E-state index in [1.54, 1.807) is 11.3 Å². The fourth-order valence-electron chi connectivity index (χ4n) is 5.85. The van der Waals surface area contributed by atoms with E-state index < -0.39 is 11.7 Å². The molecule has 182 valence electrons. The predicted molar refractivity (Wildman–Crippen MR) is 122 cm³/mol. The van der Waals surface area contributed by atoms with Crippen molar-refractivity contribution < 1.29 is 22.8 Å². The minimum Gasteiger partial charge on any atom is -0.349 e. The van der Waals surface area contributed by atoms with Crippen molar-refractivity contribution in [2.75, 3.05) is 19.6 Å².